The number of fused-ring (bicyclic) bond motifs is 2. The third kappa shape index (κ3) is 9.85. The minimum Gasteiger partial charge on any atom is -0.340 e. The number of aryl methyl sites for hydroxylation is 3. The van der Waals surface area contributed by atoms with Crippen molar-refractivity contribution >= 4 is 22.1 Å². The zero-order valence-corrected chi connectivity index (χ0v) is 32.1. The lowest BCUT2D eigenvalue weighted by molar-refractivity contribution is -0.137. The summed E-state index contributed by atoms with van der Waals surface area (Å²) in [6.45, 7) is 17.6. The Morgan fingerprint density at radius 1 is 0.680 bits per heavy atom. The van der Waals surface area contributed by atoms with Crippen LogP contribution < -0.4 is 4.89 Å². The maximum Gasteiger partial charge on any atom is 0.172 e. The van der Waals surface area contributed by atoms with E-state index in [1.807, 2.05) is 52.0 Å². The van der Waals surface area contributed by atoms with Crippen molar-refractivity contribution in [2.45, 2.75) is 113 Å². The van der Waals surface area contributed by atoms with E-state index in [-0.39, 0.29) is 0 Å². The first-order valence-corrected chi connectivity index (χ1v) is 18.9. The fourth-order valence-electron chi connectivity index (χ4n) is 6.17. The van der Waals surface area contributed by atoms with Crippen molar-refractivity contribution in [1.82, 2.24) is 19.1 Å². The first-order chi connectivity index (χ1) is 24.5. The number of unbranched alkanes of at least 4 members (excludes halogenated alkanes) is 5. The molecule has 6 nitrogen and oxygen atoms in total. The van der Waals surface area contributed by atoms with Crippen molar-refractivity contribution in [1.29, 1.82) is 0 Å². The molecule has 6 rings (SSSR count). The van der Waals surface area contributed by atoms with Crippen molar-refractivity contribution in [3.05, 3.63) is 102 Å². The highest BCUT2D eigenvalue weighted by molar-refractivity contribution is 5.87. The van der Waals surface area contributed by atoms with Crippen molar-refractivity contribution in [2.24, 2.45) is 7.05 Å². The smallest absolute Gasteiger partial charge is 0.172 e. The Morgan fingerprint density at radius 3 is 1.94 bits per heavy atom. The molecule has 4 aromatic carbocycles. The van der Waals surface area contributed by atoms with Crippen LogP contribution in [0, 0.1) is 6.92 Å². The lowest BCUT2D eigenvalue weighted by atomic mass is 10.0. The van der Waals surface area contributed by atoms with E-state index in [4.69, 9.17) is 9.97 Å². The van der Waals surface area contributed by atoms with E-state index in [1.54, 1.807) is 6.07 Å². The van der Waals surface area contributed by atoms with Gasteiger partial charge in [-0.05, 0) is 60.4 Å². The highest BCUT2D eigenvalue weighted by atomic mass is 17.1. The quantitative estimate of drug-likeness (QED) is 0.0796. The van der Waals surface area contributed by atoms with E-state index in [9.17, 15) is 5.26 Å². The van der Waals surface area contributed by atoms with Crippen LogP contribution >= 0.6 is 0 Å². The summed E-state index contributed by atoms with van der Waals surface area (Å²) in [6.07, 6.45) is 10.4. The molecule has 0 bridgehead atoms. The zero-order valence-electron chi connectivity index (χ0n) is 32.1. The van der Waals surface area contributed by atoms with Crippen LogP contribution in [0.3, 0.4) is 0 Å². The fourth-order valence-corrected chi connectivity index (χ4v) is 6.17. The van der Waals surface area contributed by atoms with Crippen LogP contribution in [-0.4, -0.2) is 24.4 Å². The van der Waals surface area contributed by atoms with Gasteiger partial charge in [0, 0.05) is 31.1 Å². The van der Waals surface area contributed by atoms with E-state index in [0.29, 0.717) is 5.75 Å². The van der Waals surface area contributed by atoms with E-state index >= 15 is 0 Å². The van der Waals surface area contributed by atoms with Crippen LogP contribution in [0.4, 0.5) is 0 Å². The molecule has 0 aliphatic heterocycles. The normalized spacial score (nSPS) is 10.5. The molecule has 0 aliphatic rings. The van der Waals surface area contributed by atoms with E-state index in [2.05, 4.69) is 103 Å². The molecule has 2 aromatic heterocycles. The van der Waals surface area contributed by atoms with Gasteiger partial charge >= 0.3 is 0 Å². The Labute approximate surface area is 301 Å². The molecular weight excluding hydrogens is 617 g/mol. The molecule has 0 amide bonds. The molecule has 0 saturated heterocycles. The van der Waals surface area contributed by atoms with Crippen LogP contribution in [0.5, 0.6) is 5.75 Å². The third-order valence-electron chi connectivity index (χ3n) is 8.69. The molecule has 0 spiro atoms. The van der Waals surface area contributed by atoms with Gasteiger partial charge in [-0.25, -0.2) is 15.2 Å². The largest absolute Gasteiger partial charge is 0.340 e. The van der Waals surface area contributed by atoms with Gasteiger partial charge in [0.1, 0.15) is 11.6 Å². The summed E-state index contributed by atoms with van der Waals surface area (Å²) >= 11 is 0. The number of para-hydroxylation sites is 3. The average molecular weight is 677 g/mol. The van der Waals surface area contributed by atoms with Crippen LogP contribution in [0.25, 0.3) is 44.6 Å². The topological polar surface area (TPSA) is 65.1 Å². The molecule has 0 atom stereocenters. The summed E-state index contributed by atoms with van der Waals surface area (Å²) in [6, 6.07) is 28.6. The summed E-state index contributed by atoms with van der Waals surface area (Å²) in [5, 5.41) is 9.26. The van der Waals surface area contributed by atoms with Crippen molar-refractivity contribution < 1.29 is 10.1 Å². The van der Waals surface area contributed by atoms with Crippen LogP contribution in [0.2, 0.25) is 0 Å². The van der Waals surface area contributed by atoms with Gasteiger partial charge in [0.05, 0.1) is 22.1 Å². The van der Waals surface area contributed by atoms with Gasteiger partial charge in [-0.1, -0.05) is 142 Å². The first-order valence-electron chi connectivity index (χ1n) is 18.9. The molecular formula is C44H60N4O2. The van der Waals surface area contributed by atoms with E-state index in [0.717, 1.165) is 75.4 Å². The van der Waals surface area contributed by atoms with Gasteiger partial charge in [0.2, 0.25) is 0 Å². The summed E-state index contributed by atoms with van der Waals surface area (Å²) in [5.41, 5.74) is 9.54. The first kappa shape index (κ1) is 40.0. The Balaban J connectivity index is 0.000000493. The second kappa shape index (κ2) is 20.9. The standard InChI is InChI=1S/C32H30N4O2.C8H18.2C2H6/c1-4-9-30-34-31-21(2)18-24(32-33-26-11-6-7-12-27(26)35(32)3)19-28(31)36(30)20-22-14-16-23(17-15-22)25-10-5-8-13-29(25)38-37;1-3-5-7-8-6-4-2;2*1-2/h5-8,10-19,37H,4,9,20H2,1-3H3;3-8H2,1-2H3;2*1-2H3. The van der Waals surface area contributed by atoms with Gasteiger partial charge in [-0.15, -0.1) is 0 Å². The number of rotatable bonds is 12. The average Bonchev–Trinajstić information content (AvgIpc) is 3.69. The number of benzene rings is 4. The van der Waals surface area contributed by atoms with Crippen LogP contribution in [0.1, 0.15) is 110 Å². The Bertz CT molecular complexity index is 1860. The fraction of sp³-hybridized carbons (Fsp3) is 0.409. The molecule has 268 valence electrons. The van der Waals surface area contributed by atoms with Crippen LogP contribution in [0.15, 0.2) is 84.9 Å². The number of hydrogen-bond donors (Lipinski definition) is 1. The predicted octanol–water partition coefficient (Wildman–Crippen LogP) is 12.8. The highest BCUT2D eigenvalue weighted by Crippen LogP contribution is 2.32. The molecule has 1 N–H and O–H groups in total. The molecule has 0 radical (unpaired) electrons. The zero-order chi connectivity index (χ0) is 36.5. The lowest BCUT2D eigenvalue weighted by Crippen LogP contribution is -2.05. The number of aromatic nitrogens is 4. The molecule has 50 heavy (non-hydrogen) atoms. The SMILES string of the molecule is CC.CC.CCCCCCCC.CCCc1nc2c(C)cc(-c3nc4ccccc4n3C)cc2n1Cc1ccc(-c2ccccc2OO)cc1. The monoisotopic (exact) mass is 676 g/mol. The molecule has 6 aromatic rings. The van der Waals surface area contributed by atoms with Crippen molar-refractivity contribution in [3.63, 3.8) is 0 Å². The summed E-state index contributed by atoms with van der Waals surface area (Å²) in [5.74, 6) is 2.49. The molecule has 0 saturated carbocycles. The van der Waals surface area contributed by atoms with E-state index in [1.165, 1.54) is 44.1 Å². The lowest BCUT2D eigenvalue weighted by Gasteiger charge is -2.12. The van der Waals surface area contributed by atoms with Crippen molar-refractivity contribution in [2.75, 3.05) is 0 Å². The third-order valence-corrected chi connectivity index (χ3v) is 8.69. The predicted molar refractivity (Wildman–Crippen MR) is 214 cm³/mol. The van der Waals surface area contributed by atoms with Gasteiger partial charge in [-0.2, -0.15) is 0 Å². The highest BCUT2D eigenvalue weighted by Gasteiger charge is 2.17. The Morgan fingerprint density at radius 2 is 1.32 bits per heavy atom. The Hall–Kier alpha value is -4.42. The minimum absolute atomic E-state index is 0.441. The minimum atomic E-state index is 0.441. The number of hydrogen-bond acceptors (Lipinski definition) is 4. The maximum absolute atomic E-state index is 9.26. The molecule has 0 aliphatic carbocycles. The molecule has 2 heterocycles. The second-order valence-electron chi connectivity index (χ2n) is 12.2. The Kier molecular flexibility index (Phi) is 16.8. The van der Waals surface area contributed by atoms with E-state index < -0.39 is 0 Å². The van der Waals surface area contributed by atoms with Gasteiger partial charge in [0.15, 0.2) is 5.75 Å². The van der Waals surface area contributed by atoms with Gasteiger partial charge in [0.25, 0.3) is 0 Å². The van der Waals surface area contributed by atoms with Crippen molar-refractivity contribution in [3.8, 4) is 28.3 Å². The van der Waals surface area contributed by atoms with Crippen LogP contribution in [-0.2, 0) is 20.0 Å². The maximum atomic E-state index is 9.26. The molecule has 0 fully saturated rings. The number of imidazole rings is 2. The second-order valence-corrected chi connectivity index (χ2v) is 12.2. The summed E-state index contributed by atoms with van der Waals surface area (Å²) in [7, 11) is 2.07. The van der Waals surface area contributed by atoms with Gasteiger partial charge < -0.3 is 14.0 Å². The van der Waals surface area contributed by atoms with Gasteiger partial charge in [-0.3, -0.25) is 0 Å². The summed E-state index contributed by atoms with van der Waals surface area (Å²) < 4.78 is 4.51. The molecule has 0 unspecified atom stereocenters. The summed E-state index contributed by atoms with van der Waals surface area (Å²) in [4.78, 5) is 14.6. The molecule has 6 heteroatoms. The number of nitrogens with zero attached hydrogens (tertiary/aromatic N) is 4.